The second-order valence-electron chi connectivity index (χ2n) is 6.19. The fraction of sp³-hybridized carbons (Fsp3) is 0.900. The average molecular weight is 1020 g/mol. The van der Waals surface area contributed by atoms with E-state index in [1.807, 2.05) is 145 Å². The second-order valence-corrected chi connectivity index (χ2v) is 6.19. The van der Waals surface area contributed by atoms with E-state index in [1.165, 1.54) is 38.2 Å². The van der Waals surface area contributed by atoms with Crippen LogP contribution in [0.25, 0.3) is 0 Å². The molecule has 0 bridgehead atoms. The monoisotopic (exact) mass is 1020 g/mol. The molecule has 4 saturated heterocycles. The molecular weight excluding hydrogens is 928 g/mol. The molecule has 0 aromatic carbocycles. The standard InChI is InChI=1S/C7H12O.C6H10O.C4H8O.C3H6O2.10C2H6.2W/c1-2-4-7-5-3-6-8-7;1-2-6-3-4-7-5-6;1-2-4-5-3-1;1-2-5-3-4-1;10*1-2;;/h1-6H2;5-6H,1-4H2;1-4H2;1-3H2;10*1-2H3;;/q2*-2;;;;;;;;;;;;;2*+2. The Hall–Kier alpha value is 1.18. The summed E-state index contributed by atoms with van der Waals surface area (Å²) in [4.78, 5) is 0. The third kappa shape index (κ3) is 106. The van der Waals surface area contributed by atoms with Gasteiger partial charge in [-0.2, -0.15) is 24.9 Å². The number of ether oxygens (including phenoxy) is 5. The van der Waals surface area contributed by atoms with Crippen molar-refractivity contribution in [2.24, 2.45) is 5.92 Å². The first-order chi connectivity index (χ1) is 22.4. The van der Waals surface area contributed by atoms with E-state index in [0.29, 0.717) is 12.7 Å². The van der Waals surface area contributed by atoms with E-state index in [1.54, 1.807) is 0 Å². The molecule has 0 amide bonds. The molecule has 5 nitrogen and oxygen atoms in total. The quantitative estimate of drug-likeness (QED) is 0.264. The third-order valence-electron chi connectivity index (χ3n) is 3.99. The molecule has 4 heterocycles. The summed E-state index contributed by atoms with van der Waals surface area (Å²) in [6, 6.07) is 0. The molecule has 1 unspecified atom stereocenters. The van der Waals surface area contributed by atoms with Gasteiger partial charge in [0, 0.05) is 26.4 Å². The third-order valence-corrected chi connectivity index (χ3v) is 3.99. The van der Waals surface area contributed by atoms with Gasteiger partial charge in [-0.15, -0.1) is 0 Å². The maximum atomic E-state index is 5.27. The molecule has 4 fully saturated rings. The van der Waals surface area contributed by atoms with Gasteiger partial charge in [-0.25, -0.2) is 19.4 Å². The van der Waals surface area contributed by atoms with Gasteiger partial charge in [0.05, 0.1) is 13.2 Å². The second kappa shape index (κ2) is 127. The van der Waals surface area contributed by atoms with Gasteiger partial charge < -0.3 is 37.5 Å². The Balaban J connectivity index is -0.0000000294. The van der Waals surface area contributed by atoms with Crippen LogP contribution < -0.4 is 0 Å². The topological polar surface area (TPSA) is 46.2 Å². The van der Waals surface area contributed by atoms with Gasteiger partial charge in [0.25, 0.3) is 0 Å². The smallest absolute Gasteiger partial charge is 0.552 e. The predicted molar refractivity (Wildman–Crippen MR) is 212 cm³/mol. The first-order valence-electron chi connectivity index (χ1n) is 19.6. The van der Waals surface area contributed by atoms with Crippen LogP contribution in [0.4, 0.5) is 0 Å². The van der Waals surface area contributed by atoms with Crippen LogP contribution in [0.15, 0.2) is 0 Å². The van der Waals surface area contributed by atoms with Crippen LogP contribution in [0, 0.1) is 32.5 Å². The van der Waals surface area contributed by atoms with E-state index in [-0.39, 0.29) is 42.1 Å². The minimum Gasteiger partial charge on any atom is -0.552 e. The van der Waals surface area contributed by atoms with Crippen molar-refractivity contribution in [1.29, 1.82) is 0 Å². The summed E-state index contributed by atoms with van der Waals surface area (Å²) in [6.07, 6.45) is 10.4. The van der Waals surface area contributed by atoms with E-state index < -0.39 is 0 Å². The molecular formula is C40H96O5W2. The molecule has 0 aromatic heterocycles. The number of rotatable bonds is 3. The Morgan fingerprint density at radius 1 is 0.532 bits per heavy atom. The van der Waals surface area contributed by atoms with E-state index in [0.717, 1.165) is 58.9 Å². The SMILES string of the molecule is C1CCOC1.C1COCO1.CC.CC.CC.CC.CC.CC.CC.CC.CC.CC.[CH2-]CC1[CH-]OCC1.[CH2-]CC[C-]1CCCO1.[W+2].[W+2]. The molecule has 0 saturated carbocycles. The molecule has 47 heavy (non-hydrogen) atoms. The van der Waals surface area contributed by atoms with Crippen LogP contribution in [-0.4, -0.2) is 46.4 Å². The first kappa shape index (κ1) is 81.9. The zero-order valence-corrected chi connectivity index (χ0v) is 42.4. The molecule has 1 atom stereocenters. The summed E-state index contributed by atoms with van der Waals surface area (Å²) >= 11 is 0. The van der Waals surface area contributed by atoms with Crippen molar-refractivity contribution < 1.29 is 65.8 Å². The Morgan fingerprint density at radius 2 is 0.936 bits per heavy atom. The van der Waals surface area contributed by atoms with Crippen molar-refractivity contribution in [3.05, 3.63) is 26.6 Å². The van der Waals surface area contributed by atoms with E-state index >= 15 is 0 Å². The predicted octanol–water partition coefficient (Wildman–Crippen LogP) is 14.4. The minimum absolute atomic E-state index is 0. The molecule has 0 radical (unpaired) electrons. The van der Waals surface area contributed by atoms with Gasteiger partial charge in [0.15, 0.2) is 0 Å². The van der Waals surface area contributed by atoms with Gasteiger partial charge in [0.1, 0.15) is 6.79 Å². The van der Waals surface area contributed by atoms with Crippen LogP contribution in [0.5, 0.6) is 0 Å². The zero-order chi connectivity index (χ0) is 38.0. The average Bonchev–Trinajstić information content (AvgIpc) is 4.04. The molecule has 0 spiro atoms. The molecule has 4 aliphatic heterocycles. The van der Waals surface area contributed by atoms with Gasteiger partial charge >= 0.3 is 42.1 Å². The van der Waals surface area contributed by atoms with Crippen molar-refractivity contribution in [3.8, 4) is 0 Å². The molecule has 0 aliphatic carbocycles. The van der Waals surface area contributed by atoms with Gasteiger partial charge in [-0.05, 0) is 12.8 Å². The summed E-state index contributed by atoms with van der Waals surface area (Å²) in [5.41, 5.74) is 0. The van der Waals surface area contributed by atoms with Crippen LogP contribution in [0.1, 0.15) is 190 Å². The van der Waals surface area contributed by atoms with Gasteiger partial charge in [-0.3, -0.25) is 0 Å². The molecule has 0 aromatic rings. The summed E-state index contributed by atoms with van der Waals surface area (Å²) in [7, 11) is 0. The Morgan fingerprint density at radius 3 is 1.11 bits per heavy atom. The van der Waals surface area contributed by atoms with Crippen molar-refractivity contribution in [1.82, 2.24) is 0 Å². The summed E-state index contributed by atoms with van der Waals surface area (Å²) in [6.45, 7) is 55.3. The maximum absolute atomic E-state index is 5.27. The largest absolute Gasteiger partial charge is 2.00 e. The minimum atomic E-state index is 0. The van der Waals surface area contributed by atoms with Gasteiger partial charge in [0.2, 0.25) is 0 Å². The van der Waals surface area contributed by atoms with E-state index in [2.05, 4.69) is 13.8 Å². The van der Waals surface area contributed by atoms with E-state index in [4.69, 9.17) is 23.7 Å². The fourth-order valence-electron chi connectivity index (χ4n) is 2.46. The molecule has 4 rings (SSSR count). The zero-order valence-electron chi connectivity index (χ0n) is 36.5. The van der Waals surface area contributed by atoms with Crippen LogP contribution in [0.3, 0.4) is 0 Å². The summed E-state index contributed by atoms with van der Waals surface area (Å²) in [5.74, 6) is 0.639. The Labute approximate surface area is 332 Å². The number of hydrogen-bond donors (Lipinski definition) is 0. The van der Waals surface area contributed by atoms with Crippen molar-refractivity contribution in [2.45, 2.75) is 190 Å². The van der Waals surface area contributed by atoms with Crippen molar-refractivity contribution in [3.63, 3.8) is 0 Å². The Kier molecular flexibility index (Phi) is 221. The van der Waals surface area contributed by atoms with Gasteiger partial charge in [-0.1, -0.05) is 151 Å². The Bertz CT molecular complexity index is 246. The van der Waals surface area contributed by atoms with Crippen LogP contribution in [0.2, 0.25) is 0 Å². The molecule has 7 heteroatoms. The van der Waals surface area contributed by atoms with Crippen LogP contribution >= 0.6 is 0 Å². The van der Waals surface area contributed by atoms with Crippen molar-refractivity contribution >= 4 is 0 Å². The van der Waals surface area contributed by atoms with Crippen LogP contribution in [-0.2, 0) is 65.8 Å². The van der Waals surface area contributed by atoms with Crippen molar-refractivity contribution in [2.75, 3.05) is 46.4 Å². The molecule has 0 N–H and O–H groups in total. The summed E-state index contributed by atoms with van der Waals surface area (Å²) in [5, 5.41) is 0. The first-order valence-corrected chi connectivity index (χ1v) is 19.6. The fourth-order valence-corrected chi connectivity index (χ4v) is 2.46. The van der Waals surface area contributed by atoms with E-state index in [9.17, 15) is 0 Å². The summed E-state index contributed by atoms with van der Waals surface area (Å²) < 4.78 is 24.6. The molecule has 298 valence electrons. The normalized spacial score (nSPS) is 14.8. The maximum Gasteiger partial charge on any atom is 2.00 e. The molecule has 4 aliphatic rings. The number of hydrogen-bond acceptors (Lipinski definition) is 5.